The first-order valence-electron chi connectivity index (χ1n) is 10.9. The molecule has 30 heavy (non-hydrogen) atoms. The zero-order valence-corrected chi connectivity index (χ0v) is 18.9. The molecule has 0 aromatic heterocycles. The Kier molecular flexibility index (Phi) is 6.10. The SMILES string of the molecule is COc1ccc(CCC(=O)N2CC3(C2)C(CN2CCN(C)CC2)CCS3(=O)=O)cc1. The Hall–Kier alpha value is -1.64. The molecule has 0 N–H and O–H groups in total. The highest BCUT2D eigenvalue weighted by molar-refractivity contribution is 7.93. The summed E-state index contributed by atoms with van der Waals surface area (Å²) < 4.78 is 30.3. The minimum atomic E-state index is -3.15. The van der Waals surface area contributed by atoms with Gasteiger partial charge in [0.15, 0.2) is 9.84 Å². The number of rotatable bonds is 6. The largest absolute Gasteiger partial charge is 0.497 e. The van der Waals surface area contributed by atoms with Crippen molar-refractivity contribution in [1.29, 1.82) is 0 Å². The fourth-order valence-electron chi connectivity index (χ4n) is 5.05. The molecule has 3 aliphatic heterocycles. The van der Waals surface area contributed by atoms with Gasteiger partial charge in [-0.1, -0.05) is 12.1 Å². The summed E-state index contributed by atoms with van der Waals surface area (Å²) in [5.74, 6) is 1.25. The van der Waals surface area contributed by atoms with Gasteiger partial charge in [0.2, 0.25) is 5.91 Å². The number of methoxy groups -OCH3 is 1. The van der Waals surface area contributed by atoms with E-state index < -0.39 is 14.6 Å². The van der Waals surface area contributed by atoms with Gasteiger partial charge in [-0.25, -0.2) is 8.42 Å². The first kappa shape index (κ1) is 21.6. The van der Waals surface area contributed by atoms with Crippen molar-refractivity contribution >= 4 is 15.7 Å². The van der Waals surface area contributed by atoms with Crippen molar-refractivity contribution in [2.24, 2.45) is 5.92 Å². The van der Waals surface area contributed by atoms with Crippen molar-refractivity contribution in [2.75, 3.05) is 65.7 Å². The van der Waals surface area contributed by atoms with Crippen LogP contribution in [0.4, 0.5) is 0 Å². The molecule has 1 amide bonds. The number of carbonyl (C=O) groups excluding carboxylic acids is 1. The van der Waals surface area contributed by atoms with Crippen LogP contribution in [0.25, 0.3) is 0 Å². The summed E-state index contributed by atoms with van der Waals surface area (Å²) in [6, 6.07) is 7.73. The van der Waals surface area contributed by atoms with Gasteiger partial charge in [0.25, 0.3) is 0 Å². The van der Waals surface area contributed by atoms with E-state index in [0.29, 0.717) is 25.9 Å². The number of benzene rings is 1. The van der Waals surface area contributed by atoms with Crippen molar-refractivity contribution < 1.29 is 17.9 Å². The lowest BCUT2D eigenvalue weighted by atomic mass is 9.82. The highest BCUT2D eigenvalue weighted by atomic mass is 32.2. The van der Waals surface area contributed by atoms with Gasteiger partial charge >= 0.3 is 0 Å². The van der Waals surface area contributed by atoms with Gasteiger partial charge in [0.05, 0.1) is 12.9 Å². The maximum absolute atomic E-state index is 12.9. The summed E-state index contributed by atoms with van der Waals surface area (Å²) in [7, 11) is 0.610. The maximum atomic E-state index is 12.9. The molecule has 166 valence electrons. The molecule has 1 unspecified atom stereocenters. The average Bonchev–Trinajstić information content (AvgIpc) is 2.97. The monoisotopic (exact) mass is 435 g/mol. The molecular formula is C22H33N3O4S. The van der Waals surface area contributed by atoms with Crippen molar-refractivity contribution in [3.63, 3.8) is 0 Å². The minimum Gasteiger partial charge on any atom is -0.497 e. The minimum absolute atomic E-state index is 0.0527. The smallest absolute Gasteiger partial charge is 0.223 e. The number of carbonyl (C=O) groups is 1. The van der Waals surface area contributed by atoms with Crippen LogP contribution in [0.5, 0.6) is 5.75 Å². The van der Waals surface area contributed by atoms with Gasteiger partial charge in [0.1, 0.15) is 10.5 Å². The molecule has 0 bridgehead atoms. The first-order chi connectivity index (χ1) is 14.3. The standard InChI is InChI=1S/C22H33N3O4S/c1-23-10-12-24(13-11-23)15-19-9-14-30(27,28)22(19)16-25(17-22)21(26)8-5-18-3-6-20(29-2)7-4-18/h3-4,6-7,19H,5,8-17H2,1-2H3. The van der Waals surface area contributed by atoms with Gasteiger partial charge in [-0.3, -0.25) is 4.79 Å². The van der Waals surface area contributed by atoms with E-state index in [1.807, 2.05) is 24.3 Å². The molecule has 1 aromatic rings. The Morgan fingerprint density at radius 2 is 1.80 bits per heavy atom. The van der Waals surface area contributed by atoms with E-state index in [1.165, 1.54) is 0 Å². The second-order valence-electron chi connectivity index (χ2n) is 9.07. The molecule has 0 saturated carbocycles. The second kappa shape index (κ2) is 8.48. The molecule has 1 spiro atoms. The van der Waals surface area contributed by atoms with Crippen LogP contribution < -0.4 is 4.74 Å². The molecule has 0 radical (unpaired) electrons. The van der Waals surface area contributed by atoms with Crippen LogP contribution in [0.2, 0.25) is 0 Å². The predicted molar refractivity (Wildman–Crippen MR) is 116 cm³/mol. The van der Waals surface area contributed by atoms with E-state index in [9.17, 15) is 13.2 Å². The third kappa shape index (κ3) is 4.09. The Balaban J connectivity index is 1.33. The number of aryl methyl sites for hydroxylation is 1. The van der Waals surface area contributed by atoms with Crippen LogP contribution >= 0.6 is 0 Å². The molecule has 8 heteroatoms. The number of likely N-dealkylation sites (N-methyl/N-ethyl adjacent to an activating group) is 1. The summed E-state index contributed by atoms with van der Waals surface area (Å²) in [5.41, 5.74) is 1.08. The lowest BCUT2D eigenvalue weighted by Gasteiger charge is -2.51. The third-order valence-corrected chi connectivity index (χ3v) is 9.83. The van der Waals surface area contributed by atoms with E-state index in [2.05, 4.69) is 16.8 Å². The number of hydrogen-bond acceptors (Lipinski definition) is 6. The quantitative estimate of drug-likeness (QED) is 0.661. The lowest BCUT2D eigenvalue weighted by molar-refractivity contribution is -0.137. The normalized spacial score (nSPS) is 25.9. The molecule has 3 heterocycles. The van der Waals surface area contributed by atoms with E-state index >= 15 is 0 Å². The van der Waals surface area contributed by atoms with E-state index in [1.54, 1.807) is 12.0 Å². The summed E-state index contributed by atoms with van der Waals surface area (Å²) in [5, 5.41) is 0. The van der Waals surface area contributed by atoms with Crippen molar-refractivity contribution in [3.05, 3.63) is 29.8 Å². The van der Waals surface area contributed by atoms with Crippen molar-refractivity contribution in [2.45, 2.75) is 24.0 Å². The second-order valence-corrected chi connectivity index (χ2v) is 11.5. The number of piperazine rings is 1. The topological polar surface area (TPSA) is 70.2 Å². The summed E-state index contributed by atoms with van der Waals surface area (Å²) in [4.78, 5) is 19.2. The fraction of sp³-hybridized carbons (Fsp3) is 0.682. The van der Waals surface area contributed by atoms with Crippen LogP contribution in [-0.2, 0) is 21.1 Å². The lowest BCUT2D eigenvalue weighted by Crippen LogP contribution is -2.69. The molecular weight excluding hydrogens is 402 g/mol. The van der Waals surface area contributed by atoms with Crippen molar-refractivity contribution in [3.8, 4) is 5.75 Å². The number of nitrogens with zero attached hydrogens (tertiary/aromatic N) is 3. The van der Waals surface area contributed by atoms with Crippen LogP contribution in [0, 0.1) is 5.92 Å². The Bertz CT molecular complexity index is 857. The van der Waals surface area contributed by atoms with Gasteiger partial charge in [-0.05, 0) is 43.5 Å². The van der Waals surface area contributed by atoms with Crippen LogP contribution in [-0.4, -0.2) is 99.5 Å². The van der Waals surface area contributed by atoms with Gasteiger partial charge in [0, 0.05) is 52.2 Å². The molecule has 1 aromatic carbocycles. The fourth-order valence-corrected chi connectivity index (χ4v) is 7.46. The number of sulfone groups is 1. The molecule has 1 atom stereocenters. The Morgan fingerprint density at radius 1 is 1.13 bits per heavy atom. The zero-order chi connectivity index (χ0) is 21.4. The molecule has 4 rings (SSSR count). The van der Waals surface area contributed by atoms with E-state index in [-0.39, 0.29) is 17.6 Å². The Morgan fingerprint density at radius 3 is 2.43 bits per heavy atom. The van der Waals surface area contributed by atoms with E-state index in [4.69, 9.17) is 4.74 Å². The first-order valence-corrected chi connectivity index (χ1v) is 12.5. The molecule has 3 fully saturated rings. The number of ether oxygens (including phenoxy) is 1. The molecule has 0 aliphatic carbocycles. The maximum Gasteiger partial charge on any atom is 0.223 e. The summed E-state index contributed by atoms with van der Waals surface area (Å²) >= 11 is 0. The predicted octanol–water partition coefficient (Wildman–Crippen LogP) is 0.891. The van der Waals surface area contributed by atoms with Gasteiger partial charge in [-0.2, -0.15) is 0 Å². The van der Waals surface area contributed by atoms with Crippen molar-refractivity contribution in [1.82, 2.24) is 14.7 Å². The molecule has 7 nitrogen and oxygen atoms in total. The number of amides is 1. The molecule has 3 saturated heterocycles. The van der Waals surface area contributed by atoms with Crippen LogP contribution in [0.15, 0.2) is 24.3 Å². The zero-order valence-electron chi connectivity index (χ0n) is 18.0. The number of likely N-dealkylation sites (tertiary alicyclic amines) is 1. The van der Waals surface area contributed by atoms with Gasteiger partial charge in [-0.15, -0.1) is 0 Å². The van der Waals surface area contributed by atoms with Crippen LogP contribution in [0.3, 0.4) is 0 Å². The molecule has 3 aliphatic rings. The third-order valence-electron chi connectivity index (χ3n) is 7.23. The van der Waals surface area contributed by atoms with Gasteiger partial charge < -0.3 is 19.4 Å². The average molecular weight is 436 g/mol. The highest BCUT2D eigenvalue weighted by Crippen LogP contribution is 2.45. The van der Waals surface area contributed by atoms with Crippen LogP contribution in [0.1, 0.15) is 18.4 Å². The summed E-state index contributed by atoms with van der Waals surface area (Å²) in [6.45, 7) is 5.62. The number of hydrogen-bond donors (Lipinski definition) is 0. The summed E-state index contributed by atoms with van der Waals surface area (Å²) in [6.07, 6.45) is 1.79. The highest BCUT2D eigenvalue weighted by Gasteiger charge is 2.62. The Labute approximate surface area is 179 Å². The van der Waals surface area contributed by atoms with E-state index in [0.717, 1.165) is 50.5 Å².